The summed E-state index contributed by atoms with van der Waals surface area (Å²) in [6, 6.07) is 10.0. The topological polar surface area (TPSA) is 111 Å². The molecule has 0 aliphatic carbocycles. The first-order valence-electron chi connectivity index (χ1n) is 5.89. The van der Waals surface area contributed by atoms with Crippen LogP contribution in [0.2, 0.25) is 0 Å². The maximum atomic E-state index is 11.0. The fourth-order valence-corrected chi connectivity index (χ4v) is 1.78. The van der Waals surface area contributed by atoms with Crippen LogP contribution in [-0.2, 0) is 17.8 Å². The van der Waals surface area contributed by atoms with E-state index in [1.165, 1.54) is 12.1 Å². The Morgan fingerprint density at radius 1 is 1.30 bits per heavy atom. The number of carbonyl (C=O) groups excluding carboxylic acids is 1. The third kappa shape index (κ3) is 3.35. The molecule has 104 valence electrons. The van der Waals surface area contributed by atoms with Crippen molar-refractivity contribution in [1.29, 1.82) is 0 Å². The minimum atomic E-state index is -0.593. The Kier molecular flexibility index (Phi) is 3.99. The number of para-hydroxylation sites is 1. The largest absolute Gasteiger partial charge is 0.433 e. The van der Waals surface area contributed by atoms with Crippen molar-refractivity contribution >= 4 is 17.5 Å². The van der Waals surface area contributed by atoms with Gasteiger partial charge in [0.2, 0.25) is 5.91 Å². The minimum absolute atomic E-state index is 0.126. The van der Waals surface area contributed by atoms with Gasteiger partial charge in [0.25, 0.3) is 0 Å². The predicted octanol–water partition coefficient (Wildman–Crippen LogP) is 1.83. The summed E-state index contributed by atoms with van der Waals surface area (Å²) in [6.07, 6.45) is 0.126. The molecule has 2 aromatic rings. The van der Waals surface area contributed by atoms with Gasteiger partial charge in [-0.1, -0.05) is 18.2 Å². The Morgan fingerprint density at radius 2 is 2.05 bits per heavy atom. The molecule has 0 saturated heterocycles. The van der Waals surface area contributed by atoms with Gasteiger partial charge >= 0.3 is 5.88 Å². The number of nitrogens with zero attached hydrogens (tertiary/aromatic N) is 1. The first-order chi connectivity index (χ1) is 9.56. The summed E-state index contributed by atoms with van der Waals surface area (Å²) in [5, 5.41) is 13.6. The van der Waals surface area contributed by atoms with E-state index in [9.17, 15) is 14.9 Å². The highest BCUT2D eigenvalue weighted by Gasteiger charge is 2.12. The van der Waals surface area contributed by atoms with Gasteiger partial charge in [-0.05, 0) is 17.7 Å². The number of hydrogen-bond donors (Lipinski definition) is 2. The number of carbonyl (C=O) groups is 1. The zero-order chi connectivity index (χ0) is 14.5. The highest BCUT2D eigenvalue weighted by atomic mass is 16.6. The standard InChI is InChI=1S/C13H13N3O4/c14-12(17)7-9-3-1-2-4-11(9)15-8-10-5-6-13(20-10)16(18)19/h1-6,15H,7-8H2,(H2,14,17). The number of nitrogens with one attached hydrogen (secondary N) is 1. The van der Waals surface area contributed by atoms with Crippen LogP contribution in [0, 0.1) is 10.1 Å². The zero-order valence-corrected chi connectivity index (χ0v) is 10.5. The van der Waals surface area contributed by atoms with Crippen LogP contribution in [0.4, 0.5) is 11.6 Å². The normalized spacial score (nSPS) is 10.2. The lowest BCUT2D eigenvalue weighted by Gasteiger charge is -2.09. The van der Waals surface area contributed by atoms with Crippen molar-refractivity contribution in [3.05, 3.63) is 57.8 Å². The van der Waals surface area contributed by atoms with Crippen LogP contribution in [0.5, 0.6) is 0 Å². The van der Waals surface area contributed by atoms with Gasteiger partial charge in [0, 0.05) is 5.69 Å². The molecule has 2 rings (SSSR count). The number of rotatable bonds is 6. The second-order valence-electron chi connectivity index (χ2n) is 4.15. The number of anilines is 1. The summed E-state index contributed by atoms with van der Waals surface area (Å²) in [5.74, 6) is -0.286. The lowest BCUT2D eigenvalue weighted by atomic mass is 10.1. The smallest absolute Gasteiger partial charge is 0.404 e. The van der Waals surface area contributed by atoms with Gasteiger partial charge in [-0.3, -0.25) is 14.9 Å². The first kappa shape index (κ1) is 13.6. The summed E-state index contributed by atoms with van der Waals surface area (Å²) < 4.78 is 5.03. The van der Waals surface area contributed by atoms with Crippen LogP contribution in [0.25, 0.3) is 0 Å². The molecule has 1 heterocycles. The molecule has 20 heavy (non-hydrogen) atoms. The van der Waals surface area contributed by atoms with Crippen molar-refractivity contribution in [2.24, 2.45) is 5.73 Å². The van der Waals surface area contributed by atoms with E-state index in [1.54, 1.807) is 18.2 Å². The molecule has 0 aliphatic rings. The fourth-order valence-electron chi connectivity index (χ4n) is 1.78. The van der Waals surface area contributed by atoms with Gasteiger partial charge in [0.1, 0.15) is 10.7 Å². The Balaban J connectivity index is 2.06. The summed E-state index contributed by atoms with van der Waals surface area (Å²) in [5.41, 5.74) is 6.68. The number of nitro groups is 1. The van der Waals surface area contributed by atoms with E-state index < -0.39 is 10.8 Å². The monoisotopic (exact) mass is 275 g/mol. The van der Waals surface area contributed by atoms with Crippen molar-refractivity contribution in [3.63, 3.8) is 0 Å². The Morgan fingerprint density at radius 3 is 2.70 bits per heavy atom. The van der Waals surface area contributed by atoms with Crippen LogP contribution in [-0.4, -0.2) is 10.8 Å². The van der Waals surface area contributed by atoms with Crippen molar-refractivity contribution < 1.29 is 14.1 Å². The summed E-state index contributed by atoms with van der Waals surface area (Å²) in [7, 11) is 0. The summed E-state index contributed by atoms with van der Waals surface area (Å²) in [4.78, 5) is 20.9. The molecular weight excluding hydrogens is 262 g/mol. The van der Waals surface area contributed by atoms with E-state index >= 15 is 0 Å². The molecule has 0 spiro atoms. The first-order valence-corrected chi connectivity index (χ1v) is 5.89. The van der Waals surface area contributed by atoms with Crippen LogP contribution >= 0.6 is 0 Å². The van der Waals surface area contributed by atoms with Gasteiger partial charge in [-0.2, -0.15) is 0 Å². The van der Waals surface area contributed by atoms with E-state index in [0.29, 0.717) is 5.76 Å². The van der Waals surface area contributed by atoms with Crippen molar-refractivity contribution in [2.45, 2.75) is 13.0 Å². The molecule has 3 N–H and O–H groups in total. The zero-order valence-electron chi connectivity index (χ0n) is 10.5. The van der Waals surface area contributed by atoms with Crippen molar-refractivity contribution in [2.75, 3.05) is 5.32 Å². The molecule has 1 amide bonds. The van der Waals surface area contributed by atoms with Gasteiger partial charge in [0.05, 0.1) is 19.0 Å². The van der Waals surface area contributed by atoms with Crippen LogP contribution in [0.15, 0.2) is 40.8 Å². The Bertz CT molecular complexity index is 636. The summed E-state index contributed by atoms with van der Waals surface area (Å²) in [6.45, 7) is 0.281. The second kappa shape index (κ2) is 5.87. The highest BCUT2D eigenvalue weighted by molar-refractivity contribution is 5.78. The molecule has 0 atom stereocenters. The molecule has 0 saturated carbocycles. The average molecular weight is 275 g/mol. The molecule has 7 nitrogen and oxygen atoms in total. The molecule has 0 radical (unpaired) electrons. The lowest BCUT2D eigenvalue weighted by Crippen LogP contribution is -2.15. The van der Waals surface area contributed by atoms with Gasteiger partial charge in [0.15, 0.2) is 0 Å². The number of furan rings is 1. The quantitative estimate of drug-likeness (QED) is 0.617. The Labute approximate surface area is 114 Å². The molecule has 1 aromatic carbocycles. The highest BCUT2D eigenvalue weighted by Crippen LogP contribution is 2.19. The fraction of sp³-hybridized carbons (Fsp3) is 0.154. The molecule has 7 heteroatoms. The maximum Gasteiger partial charge on any atom is 0.433 e. The molecule has 0 fully saturated rings. The Hall–Kier alpha value is -2.83. The predicted molar refractivity (Wildman–Crippen MR) is 72.0 cm³/mol. The number of nitrogens with two attached hydrogens (primary N) is 1. The summed E-state index contributed by atoms with van der Waals surface area (Å²) >= 11 is 0. The third-order valence-corrected chi connectivity index (χ3v) is 2.66. The number of benzene rings is 1. The lowest BCUT2D eigenvalue weighted by molar-refractivity contribution is -0.402. The van der Waals surface area contributed by atoms with Gasteiger partial charge in [-0.25, -0.2) is 0 Å². The van der Waals surface area contributed by atoms with Crippen LogP contribution in [0.3, 0.4) is 0 Å². The van der Waals surface area contributed by atoms with E-state index in [4.69, 9.17) is 10.2 Å². The van der Waals surface area contributed by atoms with Crippen molar-refractivity contribution in [1.82, 2.24) is 0 Å². The number of hydrogen-bond acceptors (Lipinski definition) is 5. The number of amides is 1. The second-order valence-corrected chi connectivity index (χ2v) is 4.15. The van der Waals surface area contributed by atoms with E-state index in [0.717, 1.165) is 11.3 Å². The molecule has 0 bridgehead atoms. The van der Waals surface area contributed by atoms with E-state index in [2.05, 4.69) is 5.32 Å². The average Bonchev–Trinajstić information content (AvgIpc) is 2.86. The van der Waals surface area contributed by atoms with Crippen LogP contribution in [0.1, 0.15) is 11.3 Å². The van der Waals surface area contributed by atoms with E-state index in [1.807, 2.05) is 6.07 Å². The SMILES string of the molecule is NC(=O)Cc1ccccc1NCc1ccc([N+](=O)[O-])o1. The third-order valence-electron chi connectivity index (χ3n) is 2.66. The minimum Gasteiger partial charge on any atom is -0.404 e. The van der Waals surface area contributed by atoms with Gasteiger partial charge in [-0.15, -0.1) is 0 Å². The molecular formula is C13H13N3O4. The van der Waals surface area contributed by atoms with Crippen LogP contribution < -0.4 is 11.1 Å². The van der Waals surface area contributed by atoms with Gasteiger partial charge < -0.3 is 15.5 Å². The molecule has 0 aliphatic heterocycles. The number of primary amides is 1. The maximum absolute atomic E-state index is 11.0. The van der Waals surface area contributed by atoms with Crippen molar-refractivity contribution in [3.8, 4) is 0 Å². The molecule has 1 aromatic heterocycles. The van der Waals surface area contributed by atoms with E-state index in [-0.39, 0.29) is 18.8 Å². The molecule has 0 unspecified atom stereocenters.